The van der Waals surface area contributed by atoms with Crippen molar-refractivity contribution in [2.24, 2.45) is 0 Å². The van der Waals surface area contributed by atoms with E-state index < -0.39 is 5.97 Å². The van der Waals surface area contributed by atoms with Crippen molar-refractivity contribution in [1.29, 1.82) is 0 Å². The maximum absolute atomic E-state index is 12.2. The fourth-order valence-corrected chi connectivity index (χ4v) is 2.02. The minimum Gasteiger partial charge on any atom is -0.496 e. The number of hydrogen-bond donors (Lipinski definition) is 2. The van der Waals surface area contributed by atoms with Crippen LogP contribution in [0.3, 0.4) is 0 Å². The predicted octanol–water partition coefficient (Wildman–Crippen LogP) is 3.05. The Morgan fingerprint density at radius 1 is 1.38 bits per heavy atom. The second-order valence-corrected chi connectivity index (χ2v) is 4.69. The minimum absolute atomic E-state index is 0.0600. The molecule has 0 saturated carbocycles. The summed E-state index contributed by atoms with van der Waals surface area (Å²) in [7, 11) is 1.39. The van der Waals surface area contributed by atoms with Crippen LogP contribution >= 0.6 is 0 Å². The van der Waals surface area contributed by atoms with Gasteiger partial charge in [-0.1, -0.05) is 6.92 Å². The molecular formula is C15H22N2O4. The fraction of sp³-hybridized carbons (Fsp3) is 0.467. The number of nitrogens with zero attached hydrogens (tertiary/aromatic N) is 1. The molecule has 2 amide bonds. The van der Waals surface area contributed by atoms with Gasteiger partial charge >= 0.3 is 12.0 Å². The first kappa shape index (κ1) is 16.8. The highest BCUT2D eigenvalue weighted by Crippen LogP contribution is 2.23. The number of amides is 2. The Bertz CT molecular complexity index is 516. The Hall–Kier alpha value is -2.24. The van der Waals surface area contributed by atoms with Crippen LogP contribution in [0.15, 0.2) is 18.2 Å². The fourth-order valence-electron chi connectivity index (χ4n) is 2.02. The van der Waals surface area contributed by atoms with Gasteiger partial charge in [0.15, 0.2) is 0 Å². The summed E-state index contributed by atoms with van der Waals surface area (Å²) in [6.07, 6.45) is 0.864. The van der Waals surface area contributed by atoms with Crippen LogP contribution in [0.1, 0.15) is 37.6 Å². The van der Waals surface area contributed by atoms with Crippen molar-refractivity contribution >= 4 is 17.7 Å². The van der Waals surface area contributed by atoms with Crippen molar-refractivity contribution in [3.63, 3.8) is 0 Å². The van der Waals surface area contributed by atoms with E-state index in [-0.39, 0.29) is 23.4 Å². The van der Waals surface area contributed by atoms with Crippen LogP contribution in [-0.2, 0) is 0 Å². The molecule has 116 valence electrons. The summed E-state index contributed by atoms with van der Waals surface area (Å²) < 4.78 is 5.04. The molecule has 0 aliphatic heterocycles. The van der Waals surface area contributed by atoms with Gasteiger partial charge in [0.25, 0.3) is 0 Å². The number of carbonyl (C=O) groups excluding carboxylic acids is 1. The maximum Gasteiger partial charge on any atom is 0.339 e. The van der Waals surface area contributed by atoms with E-state index in [1.165, 1.54) is 19.2 Å². The number of hydrogen-bond acceptors (Lipinski definition) is 3. The zero-order valence-corrected chi connectivity index (χ0v) is 12.8. The predicted molar refractivity (Wildman–Crippen MR) is 81.1 cm³/mol. The molecule has 21 heavy (non-hydrogen) atoms. The standard InChI is InChI=1S/C15H22N2O4/c1-5-10(3)17(6-2)15(20)16-11-7-8-12(14(18)19)13(9-11)21-4/h7-10H,5-6H2,1-4H3,(H,16,20)(H,18,19). The van der Waals surface area contributed by atoms with Gasteiger partial charge in [0.2, 0.25) is 0 Å². The summed E-state index contributed by atoms with van der Waals surface area (Å²) in [6, 6.07) is 4.39. The van der Waals surface area contributed by atoms with Crippen molar-refractivity contribution in [2.45, 2.75) is 33.2 Å². The van der Waals surface area contributed by atoms with Gasteiger partial charge in [-0.05, 0) is 32.4 Å². The molecule has 6 heteroatoms. The van der Waals surface area contributed by atoms with E-state index >= 15 is 0 Å². The van der Waals surface area contributed by atoms with Crippen LogP contribution < -0.4 is 10.1 Å². The molecule has 1 aromatic rings. The number of aromatic carboxylic acids is 1. The number of carboxylic acids is 1. The average Bonchev–Trinajstić information content (AvgIpc) is 2.47. The molecule has 1 unspecified atom stereocenters. The molecule has 0 fully saturated rings. The number of carbonyl (C=O) groups is 2. The van der Waals surface area contributed by atoms with E-state index in [2.05, 4.69) is 5.32 Å². The number of benzene rings is 1. The molecular weight excluding hydrogens is 272 g/mol. The Morgan fingerprint density at radius 2 is 2.05 bits per heavy atom. The second kappa shape index (κ2) is 7.52. The van der Waals surface area contributed by atoms with E-state index in [1.807, 2.05) is 20.8 Å². The molecule has 1 rings (SSSR count). The van der Waals surface area contributed by atoms with Gasteiger partial charge < -0.3 is 20.1 Å². The van der Waals surface area contributed by atoms with E-state index in [9.17, 15) is 9.59 Å². The Labute approximate surface area is 124 Å². The average molecular weight is 294 g/mol. The van der Waals surface area contributed by atoms with Crippen molar-refractivity contribution in [2.75, 3.05) is 19.0 Å². The SMILES string of the molecule is CCC(C)N(CC)C(=O)Nc1ccc(C(=O)O)c(OC)c1. The van der Waals surface area contributed by atoms with E-state index in [0.29, 0.717) is 12.2 Å². The Morgan fingerprint density at radius 3 is 2.52 bits per heavy atom. The number of rotatable bonds is 6. The lowest BCUT2D eigenvalue weighted by molar-refractivity contribution is 0.0693. The van der Waals surface area contributed by atoms with Crippen molar-refractivity contribution in [3.05, 3.63) is 23.8 Å². The molecule has 0 aromatic heterocycles. The van der Waals surface area contributed by atoms with Crippen LogP contribution in [0.5, 0.6) is 5.75 Å². The number of ether oxygens (including phenoxy) is 1. The molecule has 2 N–H and O–H groups in total. The Balaban J connectivity index is 2.92. The highest BCUT2D eigenvalue weighted by atomic mass is 16.5. The lowest BCUT2D eigenvalue weighted by atomic mass is 10.2. The first-order valence-electron chi connectivity index (χ1n) is 6.93. The van der Waals surface area contributed by atoms with E-state index in [0.717, 1.165) is 6.42 Å². The maximum atomic E-state index is 12.2. The molecule has 1 aromatic carbocycles. The Kier molecular flexibility index (Phi) is 6.02. The van der Waals surface area contributed by atoms with Crippen LogP contribution in [-0.4, -0.2) is 41.7 Å². The molecule has 0 heterocycles. The zero-order valence-electron chi connectivity index (χ0n) is 12.8. The van der Waals surface area contributed by atoms with Crippen LogP contribution in [0.25, 0.3) is 0 Å². The smallest absolute Gasteiger partial charge is 0.339 e. The number of nitrogens with one attached hydrogen (secondary N) is 1. The van der Waals surface area contributed by atoms with Crippen LogP contribution in [0, 0.1) is 0 Å². The van der Waals surface area contributed by atoms with Gasteiger partial charge in [0.05, 0.1) is 7.11 Å². The third-order valence-corrected chi connectivity index (χ3v) is 3.41. The van der Waals surface area contributed by atoms with Gasteiger partial charge in [-0.25, -0.2) is 9.59 Å². The number of carboxylic acid groups (broad SMARTS) is 1. The first-order valence-corrected chi connectivity index (χ1v) is 6.93. The van der Waals surface area contributed by atoms with Crippen LogP contribution in [0.4, 0.5) is 10.5 Å². The molecule has 0 bridgehead atoms. The molecule has 0 aliphatic carbocycles. The molecule has 0 saturated heterocycles. The lowest BCUT2D eigenvalue weighted by Crippen LogP contribution is -2.41. The summed E-state index contributed by atoms with van der Waals surface area (Å²) in [5, 5.41) is 11.8. The van der Waals surface area contributed by atoms with Gasteiger partial charge in [-0.2, -0.15) is 0 Å². The molecule has 0 spiro atoms. The van der Waals surface area contributed by atoms with E-state index in [1.54, 1.807) is 11.0 Å². The van der Waals surface area contributed by atoms with Crippen molar-refractivity contribution in [1.82, 2.24) is 4.90 Å². The molecule has 6 nitrogen and oxygen atoms in total. The monoisotopic (exact) mass is 294 g/mol. The van der Waals surface area contributed by atoms with Gasteiger partial charge in [-0.3, -0.25) is 0 Å². The van der Waals surface area contributed by atoms with Gasteiger partial charge in [0, 0.05) is 24.3 Å². The highest BCUT2D eigenvalue weighted by molar-refractivity contribution is 5.94. The number of anilines is 1. The summed E-state index contributed by atoms with van der Waals surface area (Å²) >= 11 is 0. The summed E-state index contributed by atoms with van der Waals surface area (Å²) in [5.74, 6) is -0.855. The molecule has 0 aliphatic rings. The van der Waals surface area contributed by atoms with Gasteiger partial charge in [0.1, 0.15) is 11.3 Å². The number of methoxy groups -OCH3 is 1. The van der Waals surface area contributed by atoms with Crippen molar-refractivity contribution in [3.8, 4) is 5.75 Å². The largest absolute Gasteiger partial charge is 0.496 e. The summed E-state index contributed by atoms with van der Waals surface area (Å²) in [6.45, 7) is 6.52. The molecule has 0 radical (unpaired) electrons. The topological polar surface area (TPSA) is 78.9 Å². The highest BCUT2D eigenvalue weighted by Gasteiger charge is 2.18. The minimum atomic E-state index is -1.07. The quantitative estimate of drug-likeness (QED) is 0.845. The normalized spacial score (nSPS) is 11.6. The van der Waals surface area contributed by atoms with E-state index in [4.69, 9.17) is 9.84 Å². The lowest BCUT2D eigenvalue weighted by Gasteiger charge is -2.27. The van der Waals surface area contributed by atoms with Crippen LogP contribution in [0.2, 0.25) is 0 Å². The first-order chi connectivity index (χ1) is 9.94. The summed E-state index contributed by atoms with van der Waals surface area (Å²) in [5.41, 5.74) is 0.563. The third-order valence-electron chi connectivity index (χ3n) is 3.41. The number of urea groups is 1. The van der Waals surface area contributed by atoms with Crippen molar-refractivity contribution < 1.29 is 19.4 Å². The second-order valence-electron chi connectivity index (χ2n) is 4.69. The van der Waals surface area contributed by atoms with Gasteiger partial charge in [-0.15, -0.1) is 0 Å². The molecule has 1 atom stereocenters. The third kappa shape index (κ3) is 4.11. The summed E-state index contributed by atoms with van der Waals surface area (Å²) in [4.78, 5) is 25.0. The zero-order chi connectivity index (χ0) is 16.0.